The van der Waals surface area contributed by atoms with Gasteiger partial charge in [-0.15, -0.1) is 6.42 Å². The van der Waals surface area contributed by atoms with Crippen LogP contribution in [0.5, 0.6) is 0 Å². The van der Waals surface area contributed by atoms with Gasteiger partial charge in [0.2, 0.25) is 0 Å². The summed E-state index contributed by atoms with van der Waals surface area (Å²) < 4.78 is 0. The molecule has 0 aliphatic rings. The number of hydrogen-bond donors (Lipinski definition) is 0. The van der Waals surface area contributed by atoms with E-state index in [0.717, 1.165) is 5.56 Å². The summed E-state index contributed by atoms with van der Waals surface area (Å²) in [6, 6.07) is 5.75. The minimum Gasteiger partial charge on any atom is -0.115 e. The van der Waals surface area contributed by atoms with Crippen molar-refractivity contribution in [1.29, 1.82) is 0 Å². The number of benzene rings is 1. The van der Waals surface area contributed by atoms with Gasteiger partial charge < -0.3 is 0 Å². The van der Waals surface area contributed by atoms with E-state index in [9.17, 15) is 0 Å². The van der Waals surface area contributed by atoms with Crippen molar-refractivity contribution >= 4 is 11.6 Å². The maximum absolute atomic E-state index is 5.88. The average Bonchev–Trinajstić information content (AvgIpc) is 2.03. The first-order chi connectivity index (χ1) is 5.63. The standard InChI is InChI=1S/C11H11Cl/c1-4-9-5-10(8(2)3)7-11(12)6-9/h1,5-8H,2-3H3. The van der Waals surface area contributed by atoms with E-state index in [4.69, 9.17) is 18.0 Å². The molecular formula is C11H11Cl. The molecule has 0 saturated carbocycles. The third kappa shape index (κ3) is 2.03. The molecule has 0 unspecified atom stereocenters. The molecule has 0 spiro atoms. The van der Waals surface area contributed by atoms with Crippen LogP contribution in [0.15, 0.2) is 18.2 Å². The lowest BCUT2D eigenvalue weighted by Gasteiger charge is -2.05. The molecule has 1 heteroatoms. The van der Waals surface area contributed by atoms with Crippen molar-refractivity contribution in [1.82, 2.24) is 0 Å². The monoisotopic (exact) mass is 178 g/mol. The van der Waals surface area contributed by atoms with E-state index in [1.807, 2.05) is 12.1 Å². The predicted molar refractivity (Wildman–Crippen MR) is 53.5 cm³/mol. The normalized spacial score (nSPS) is 9.92. The molecule has 1 rings (SSSR count). The van der Waals surface area contributed by atoms with Crippen LogP contribution in [0.2, 0.25) is 5.02 Å². The molecule has 0 nitrogen and oxygen atoms in total. The Hall–Kier alpha value is -0.930. The Kier molecular flexibility index (Phi) is 2.78. The Morgan fingerprint density at radius 2 is 2.00 bits per heavy atom. The zero-order chi connectivity index (χ0) is 9.14. The summed E-state index contributed by atoms with van der Waals surface area (Å²) in [5.74, 6) is 3.05. The van der Waals surface area contributed by atoms with E-state index < -0.39 is 0 Å². The zero-order valence-electron chi connectivity index (χ0n) is 7.26. The minimum atomic E-state index is 0.468. The third-order valence-corrected chi connectivity index (χ3v) is 1.97. The van der Waals surface area contributed by atoms with E-state index in [-0.39, 0.29) is 0 Å². The van der Waals surface area contributed by atoms with Crippen LogP contribution in [-0.4, -0.2) is 0 Å². The average molecular weight is 179 g/mol. The van der Waals surface area contributed by atoms with E-state index >= 15 is 0 Å². The van der Waals surface area contributed by atoms with Crippen LogP contribution in [-0.2, 0) is 0 Å². The van der Waals surface area contributed by atoms with Gasteiger partial charge in [-0.25, -0.2) is 0 Å². The molecule has 0 aliphatic carbocycles. The van der Waals surface area contributed by atoms with Crippen molar-refractivity contribution in [2.45, 2.75) is 19.8 Å². The second-order valence-electron chi connectivity index (χ2n) is 3.07. The maximum Gasteiger partial charge on any atom is 0.0421 e. The lowest BCUT2D eigenvalue weighted by molar-refractivity contribution is 0.866. The molecule has 0 aromatic heterocycles. The summed E-state index contributed by atoms with van der Waals surface area (Å²) in [4.78, 5) is 0. The zero-order valence-corrected chi connectivity index (χ0v) is 8.02. The molecular weight excluding hydrogens is 168 g/mol. The highest BCUT2D eigenvalue weighted by Gasteiger charge is 2.01. The summed E-state index contributed by atoms with van der Waals surface area (Å²) in [5.41, 5.74) is 2.04. The van der Waals surface area contributed by atoms with E-state index in [1.165, 1.54) is 5.56 Å². The van der Waals surface area contributed by atoms with Crippen LogP contribution < -0.4 is 0 Å². The maximum atomic E-state index is 5.88. The molecule has 62 valence electrons. The first kappa shape index (κ1) is 9.16. The van der Waals surface area contributed by atoms with Crippen LogP contribution in [0.4, 0.5) is 0 Å². The number of hydrogen-bond acceptors (Lipinski definition) is 0. The Labute approximate surface area is 78.6 Å². The molecule has 0 aliphatic heterocycles. The molecule has 0 amide bonds. The molecule has 0 heterocycles. The number of rotatable bonds is 1. The van der Waals surface area contributed by atoms with Gasteiger partial charge in [-0.3, -0.25) is 0 Å². The summed E-state index contributed by atoms with van der Waals surface area (Å²) in [7, 11) is 0. The summed E-state index contributed by atoms with van der Waals surface area (Å²) >= 11 is 5.88. The molecule has 1 aromatic carbocycles. The topological polar surface area (TPSA) is 0 Å². The van der Waals surface area contributed by atoms with E-state index in [1.54, 1.807) is 6.07 Å². The lowest BCUT2D eigenvalue weighted by atomic mass is 10.0. The van der Waals surface area contributed by atoms with E-state index in [2.05, 4.69) is 19.8 Å². The highest BCUT2D eigenvalue weighted by molar-refractivity contribution is 6.30. The van der Waals surface area contributed by atoms with Crippen molar-refractivity contribution in [3.05, 3.63) is 34.3 Å². The largest absolute Gasteiger partial charge is 0.115 e. The molecule has 1 aromatic rings. The highest BCUT2D eigenvalue weighted by atomic mass is 35.5. The van der Waals surface area contributed by atoms with Crippen molar-refractivity contribution in [3.8, 4) is 12.3 Å². The first-order valence-corrected chi connectivity index (χ1v) is 4.28. The number of terminal acetylenes is 1. The Balaban J connectivity index is 3.17. The second kappa shape index (κ2) is 3.65. The van der Waals surface area contributed by atoms with Crippen LogP contribution in [0, 0.1) is 12.3 Å². The van der Waals surface area contributed by atoms with Crippen molar-refractivity contribution in [3.63, 3.8) is 0 Å². The molecule has 0 radical (unpaired) electrons. The van der Waals surface area contributed by atoms with Crippen molar-refractivity contribution in [2.24, 2.45) is 0 Å². The van der Waals surface area contributed by atoms with Gasteiger partial charge in [0.25, 0.3) is 0 Å². The Morgan fingerprint density at radius 1 is 1.33 bits per heavy atom. The Bertz CT molecular complexity index is 318. The van der Waals surface area contributed by atoms with Gasteiger partial charge in [0, 0.05) is 10.6 Å². The Morgan fingerprint density at radius 3 is 2.50 bits per heavy atom. The fraction of sp³-hybridized carbons (Fsp3) is 0.273. The van der Waals surface area contributed by atoms with Gasteiger partial charge in [-0.1, -0.05) is 31.4 Å². The van der Waals surface area contributed by atoms with Crippen LogP contribution >= 0.6 is 11.6 Å². The van der Waals surface area contributed by atoms with Gasteiger partial charge in [0.15, 0.2) is 0 Å². The molecule has 0 N–H and O–H groups in total. The molecule has 0 atom stereocenters. The molecule has 0 fully saturated rings. The highest BCUT2D eigenvalue weighted by Crippen LogP contribution is 2.20. The fourth-order valence-electron chi connectivity index (χ4n) is 1.03. The van der Waals surface area contributed by atoms with Gasteiger partial charge in [0.1, 0.15) is 0 Å². The van der Waals surface area contributed by atoms with Gasteiger partial charge in [-0.05, 0) is 29.7 Å². The molecule has 0 saturated heterocycles. The first-order valence-electron chi connectivity index (χ1n) is 3.90. The van der Waals surface area contributed by atoms with Crippen molar-refractivity contribution in [2.75, 3.05) is 0 Å². The van der Waals surface area contributed by atoms with Crippen LogP contribution in [0.1, 0.15) is 30.9 Å². The van der Waals surface area contributed by atoms with Crippen molar-refractivity contribution < 1.29 is 0 Å². The summed E-state index contributed by atoms with van der Waals surface area (Å²) in [6.45, 7) is 4.23. The van der Waals surface area contributed by atoms with Gasteiger partial charge in [-0.2, -0.15) is 0 Å². The summed E-state index contributed by atoms with van der Waals surface area (Å²) in [5, 5.41) is 0.717. The smallest absolute Gasteiger partial charge is 0.0421 e. The molecule has 12 heavy (non-hydrogen) atoms. The van der Waals surface area contributed by atoms with Gasteiger partial charge in [0.05, 0.1) is 0 Å². The second-order valence-corrected chi connectivity index (χ2v) is 3.51. The molecule has 0 bridgehead atoms. The SMILES string of the molecule is C#Cc1cc(Cl)cc(C(C)C)c1. The van der Waals surface area contributed by atoms with Crippen LogP contribution in [0.25, 0.3) is 0 Å². The minimum absolute atomic E-state index is 0.468. The quantitative estimate of drug-likeness (QED) is 0.578. The lowest BCUT2D eigenvalue weighted by Crippen LogP contribution is -1.88. The summed E-state index contributed by atoms with van der Waals surface area (Å²) in [6.07, 6.45) is 5.28. The predicted octanol–water partition coefficient (Wildman–Crippen LogP) is 3.44. The fourth-order valence-corrected chi connectivity index (χ4v) is 1.27. The van der Waals surface area contributed by atoms with E-state index in [0.29, 0.717) is 10.9 Å². The van der Waals surface area contributed by atoms with Gasteiger partial charge >= 0.3 is 0 Å². The third-order valence-electron chi connectivity index (χ3n) is 1.75. The number of halogens is 1. The van der Waals surface area contributed by atoms with Crippen LogP contribution in [0.3, 0.4) is 0 Å².